The summed E-state index contributed by atoms with van der Waals surface area (Å²) in [4.78, 5) is 0. The van der Waals surface area contributed by atoms with Crippen LogP contribution in [0, 0.1) is 0 Å². The van der Waals surface area contributed by atoms with E-state index in [-0.39, 0.29) is 0 Å². The van der Waals surface area contributed by atoms with Crippen molar-refractivity contribution in [3.8, 4) is 0 Å². The molecule has 0 aliphatic heterocycles. The van der Waals surface area contributed by atoms with Crippen LogP contribution in [0.25, 0.3) is 0 Å². The third kappa shape index (κ3) is 33.4. The molecule has 0 spiro atoms. The summed E-state index contributed by atoms with van der Waals surface area (Å²) in [5.74, 6) is 0. The van der Waals surface area contributed by atoms with Crippen molar-refractivity contribution >= 4 is 62.8 Å². The van der Waals surface area contributed by atoms with E-state index >= 15 is 0 Å². The lowest BCUT2D eigenvalue weighted by atomic mass is 10.9. The fourth-order valence-corrected chi connectivity index (χ4v) is 0.866. The van der Waals surface area contributed by atoms with E-state index in [0.717, 1.165) is 0 Å². The quantitative estimate of drug-likeness (QED) is 0.515. The standard InChI is InChI=1S/C2H3Cl2.2C2H5.2Al.ClH/c1-2(3)4;2*1-2;;;/h1H3;2*1H2,2H3;;;1H/q;;;;+1;/p-1. The summed E-state index contributed by atoms with van der Waals surface area (Å²) in [6, 6.07) is 0. The van der Waals surface area contributed by atoms with E-state index in [1.54, 1.807) is 6.92 Å². The Morgan fingerprint density at radius 3 is 1.45 bits per heavy atom. The van der Waals surface area contributed by atoms with Crippen LogP contribution >= 0.6 is 33.3 Å². The summed E-state index contributed by atoms with van der Waals surface area (Å²) in [5, 5.41) is 2.47. The van der Waals surface area contributed by atoms with Gasteiger partial charge in [0.2, 0.25) is 0 Å². The van der Waals surface area contributed by atoms with Gasteiger partial charge in [0.1, 0.15) is 0 Å². The summed E-state index contributed by atoms with van der Waals surface area (Å²) in [6.07, 6.45) is 0. The number of rotatable bonds is 2. The minimum atomic E-state index is -0.688. The van der Waals surface area contributed by atoms with Crippen molar-refractivity contribution in [1.29, 1.82) is 0 Å². The van der Waals surface area contributed by atoms with E-state index in [2.05, 4.69) is 30.1 Å². The van der Waals surface area contributed by atoms with Gasteiger partial charge in [-0.25, -0.2) is 0 Å². The summed E-state index contributed by atoms with van der Waals surface area (Å²) in [5.41, 5.74) is 0. The lowest BCUT2D eigenvalue weighted by Gasteiger charge is -2.00. The van der Waals surface area contributed by atoms with Crippen molar-refractivity contribution in [3.05, 3.63) is 0 Å². The molecule has 0 unspecified atom stereocenters. The predicted octanol–water partition coefficient (Wildman–Crippen LogP) is 3.56. The van der Waals surface area contributed by atoms with Gasteiger partial charge in [0.05, 0.1) is 0 Å². The van der Waals surface area contributed by atoms with Crippen LogP contribution in [0.4, 0.5) is 0 Å². The molecule has 5 heteroatoms. The smallest absolute Gasteiger partial charge is 0.261 e. The van der Waals surface area contributed by atoms with Crippen LogP contribution in [0.3, 0.4) is 0 Å². The van der Waals surface area contributed by atoms with Gasteiger partial charge < -0.3 is 0 Å². The van der Waals surface area contributed by atoms with Gasteiger partial charge in [0, 0.05) is 3.20 Å². The Balaban J connectivity index is 0. The molecule has 0 fully saturated rings. The molecule has 0 aromatic heterocycles. The average Bonchev–Trinajstić information content (AvgIpc) is 1.83. The summed E-state index contributed by atoms with van der Waals surface area (Å²) < 4.78 is -0.639. The fourth-order valence-electron chi connectivity index (χ4n) is 0.289. The Kier molecular flexibility index (Phi) is 11.9. The van der Waals surface area contributed by atoms with Crippen molar-refractivity contribution in [2.24, 2.45) is 0 Å². The second-order valence-electron chi connectivity index (χ2n) is 2.37. The summed E-state index contributed by atoms with van der Waals surface area (Å²) in [7, 11) is 5.79. The van der Waals surface area contributed by atoms with Crippen LogP contribution in [-0.4, -0.2) is 32.7 Å². The zero-order valence-corrected chi connectivity index (χ0v) is 11.8. The Morgan fingerprint density at radius 1 is 1.27 bits per heavy atom. The molecule has 0 aromatic rings. The third-order valence-electron chi connectivity index (χ3n) is 0.886. The molecule has 0 aliphatic rings. The van der Waals surface area contributed by atoms with E-state index < -0.39 is 16.4 Å². The maximum atomic E-state index is 5.79. The van der Waals surface area contributed by atoms with Crippen LogP contribution in [0.5, 0.6) is 0 Å². The molecule has 0 saturated heterocycles. The molecule has 0 rings (SSSR count). The number of halogens is 3. The average molecular weight is 245 g/mol. The van der Waals surface area contributed by atoms with E-state index in [0.29, 0.717) is 0 Å². The van der Waals surface area contributed by atoms with Gasteiger partial charge in [-0.15, -0.1) is 23.2 Å². The number of alkyl halides is 2. The Hall–Kier alpha value is 1.93. The second-order valence-corrected chi connectivity index (χ2v) is 10.7. The highest BCUT2D eigenvalue weighted by Gasteiger charge is 2.05. The molecule has 0 N–H and O–H groups in total. The molecular formula is C6H13Al2Cl3. The number of hydrogen-bond acceptors (Lipinski definition) is 0. The Morgan fingerprint density at radius 2 is 1.45 bits per heavy atom. The molecule has 0 saturated carbocycles. The highest BCUT2D eigenvalue weighted by molar-refractivity contribution is 7.06. The molecule has 64 valence electrons. The van der Waals surface area contributed by atoms with Gasteiger partial charge in [0.25, 0.3) is 0 Å². The van der Waals surface area contributed by atoms with Gasteiger partial charge in [-0.2, -0.15) is 0 Å². The predicted molar refractivity (Wildman–Crippen MR) is 58.4 cm³/mol. The lowest BCUT2D eigenvalue weighted by molar-refractivity contribution is 1.27. The van der Waals surface area contributed by atoms with Gasteiger partial charge in [-0.3, -0.25) is 10.0 Å². The molecule has 0 bridgehead atoms. The largest absolute Gasteiger partial charge is 0.399 e. The van der Waals surface area contributed by atoms with Gasteiger partial charge in [-0.05, 0) is 6.92 Å². The molecule has 0 atom stereocenters. The molecule has 0 aliphatic carbocycles. The first-order chi connectivity index (χ1) is 4.81. The van der Waals surface area contributed by atoms with Crippen LogP contribution in [0.2, 0.25) is 10.6 Å². The first-order valence-corrected chi connectivity index (χ1v) is 8.33. The molecule has 11 heavy (non-hydrogen) atoms. The van der Waals surface area contributed by atoms with Crippen LogP contribution in [-0.2, 0) is 0 Å². The summed E-state index contributed by atoms with van der Waals surface area (Å²) in [6.45, 7) is 6.00. The minimum absolute atomic E-state index is 0.639. The fraction of sp³-hybridized carbons (Fsp3) is 1.00. The van der Waals surface area contributed by atoms with Crippen LogP contribution in [0.1, 0.15) is 20.8 Å². The lowest BCUT2D eigenvalue weighted by Crippen LogP contribution is -2.02. The molecule has 2 radical (unpaired) electrons. The zero-order chi connectivity index (χ0) is 9.49. The maximum absolute atomic E-state index is 5.79. The van der Waals surface area contributed by atoms with Crippen molar-refractivity contribution < 1.29 is 0 Å². The van der Waals surface area contributed by atoms with E-state index in [9.17, 15) is 0 Å². The van der Waals surface area contributed by atoms with Crippen molar-refractivity contribution in [3.63, 3.8) is 0 Å². The maximum Gasteiger partial charge on any atom is 0.399 e. The van der Waals surface area contributed by atoms with E-state index in [1.807, 2.05) is 0 Å². The minimum Gasteiger partial charge on any atom is -0.261 e. The highest BCUT2D eigenvalue weighted by atomic mass is 35.6. The molecule has 0 heterocycles. The number of hydrogen-bond donors (Lipinski definition) is 0. The molecule has 0 aromatic carbocycles. The highest BCUT2D eigenvalue weighted by Crippen LogP contribution is 2.11. The first kappa shape index (κ1) is 15.4. The van der Waals surface area contributed by atoms with Gasteiger partial charge >= 0.3 is 13.2 Å². The summed E-state index contributed by atoms with van der Waals surface area (Å²) >= 11 is 12.1. The first-order valence-electron chi connectivity index (χ1n) is 3.62. The Bertz CT molecular complexity index is 72.4. The molecular weight excluding hydrogens is 232 g/mol. The van der Waals surface area contributed by atoms with Gasteiger partial charge in [0.15, 0.2) is 16.3 Å². The SMILES string of the molecule is C[CH2][Al]([Cl])[CH2]C.C[C]([Al])(Cl)Cl. The van der Waals surface area contributed by atoms with E-state index in [1.165, 1.54) is 10.6 Å². The van der Waals surface area contributed by atoms with Crippen molar-refractivity contribution in [2.75, 3.05) is 0 Å². The molecule has 0 nitrogen and oxygen atoms in total. The normalized spacial score (nSPS) is 10.0. The zero-order valence-electron chi connectivity index (χ0n) is 7.20. The van der Waals surface area contributed by atoms with Crippen LogP contribution < -0.4 is 0 Å². The Labute approximate surface area is 96.6 Å². The van der Waals surface area contributed by atoms with E-state index in [4.69, 9.17) is 33.3 Å². The van der Waals surface area contributed by atoms with Crippen molar-refractivity contribution in [2.45, 2.75) is 34.5 Å². The van der Waals surface area contributed by atoms with Crippen molar-refractivity contribution in [1.82, 2.24) is 0 Å². The third-order valence-corrected chi connectivity index (χ3v) is 4.51. The molecule has 0 amide bonds. The topological polar surface area (TPSA) is 0 Å². The van der Waals surface area contributed by atoms with Gasteiger partial charge in [-0.1, -0.05) is 24.4 Å². The monoisotopic (exact) mass is 244 g/mol. The second kappa shape index (κ2) is 8.53. The van der Waals surface area contributed by atoms with Crippen LogP contribution in [0.15, 0.2) is 0 Å².